The minimum Gasteiger partial charge on any atom is -0.490 e. The van der Waals surface area contributed by atoms with Gasteiger partial charge in [-0.05, 0) is 31.5 Å². The van der Waals surface area contributed by atoms with Gasteiger partial charge in [0.15, 0.2) is 0 Å². The van der Waals surface area contributed by atoms with Crippen LogP contribution in [0.1, 0.15) is 19.4 Å². The van der Waals surface area contributed by atoms with Crippen LogP contribution in [0.5, 0.6) is 5.75 Å². The smallest absolute Gasteiger partial charge is 0.310 e. The Morgan fingerprint density at radius 3 is 2.59 bits per heavy atom. The zero-order chi connectivity index (χ0) is 12.5. The van der Waals surface area contributed by atoms with Crippen LogP contribution in [0.4, 0.5) is 0 Å². The van der Waals surface area contributed by atoms with E-state index in [-0.39, 0.29) is 5.97 Å². The molecule has 0 aliphatic rings. The summed E-state index contributed by atoms with van der Waals surface area (Å²) in [5.41, 5.74) is 0.932. The highest BCUT2D eigenvalue weighted by molar-refractivity contribution is 5.72. The van der Waals surface area contributed by atoms with Crippen molar-refractivity contribution >= 4 is 5.97 Å². The van der Waals surface area contributed by atoms with Gasteiger partial charge in [0.1, 0.15) is 12.4 Å². The summed E-state index contributed by atoms with van der Waals surface area (Å²) in [6.45, 7) is 4.74. The lowest BCUT2D eigenvalue weighted by molar-refractivity contribution is -0.142. The minimum atomic E-state index is -0.199. The number of carbonyl (C=O) groups is 1. The molecule has 0 N–H and O–H groups in total. The Morgan fingerprint density at radius 1 is 1.29 bits per heavy atom. The molecule has 0 amide bonds. The molecule has 1 rings (SSSR count). The summed E-state index contributed by atoms with van der Waals surface area (Å²) in [4.78, 5) is 11.2. The molecule has 0 aromatic heterocycles. The first-order chi connectivity index (χ1) is 8.26. The highest BCUT2D eigenvalue weighted by atomic mass is 16.5. The van der Waals surface area contributed by atoms with E-state index in [0.29, 0.717) is 19.6 Å². The Balaban J connectivity index is 2.47. The predicted molar refractivity (Wildman–Crippen MR) is 67.1 cm³/mol. The summed E-state index contributed by atoms with van der Waals surface area (Å²) >= 11 is 0. The van der Waals surface area contributed by atoms with Crippen molar-refractivity contribution < 1.29 is 14.3 Å². The van der Waals surface area contributed by atoms with Crippen molar-refractivity contribution in [3.05, 3.63) is 42.0 Å². The van der Waals surface area contributed by atoms with Gasteiger partial charge in [0.25, 0.3) is 0 Å². The molecule has 17 heavy (non-hydrogen) atoms. The van der Waals surface area contributed by atoms with Crippen molar-refractivity contribution in [2.75, 3.05) is 13.2 Å². The number of allylic oxidation sites excluding steroid dienone is 1. The maximum Gasteiger partial charge on any atom is 0.310 e. The predicted octanol–water partition coefficient (Wildman–Crippen LogP) is 2.75. The van der Waals surface area contributed by atoms with Crippen molar-refractivity contribution in [1.29, 1.82) is 0 Å². The van der Waals surface area contributed by atoms with E-state index in [2.05, 4.69) is 0 Å². The third kappa shape index (κ3) is 5.20. The van der Waals surface area contributed by atoms with Crippen molar-refractivity contribution in [1.82, 2.24) is 0 Å². The molecule has 0 saturated carbocycles. The largest absolute Gasteiger partial charge is 0.490 e. The normalized spacial score (nSPS) is 10.5. The second kappa shape index (κ2) is 7.49. The molecule has 1 aromatic carbocycles. The summed E-state index contributed by atoms with van der Waals surface area (Å²) in [5, 5.41) is 0. The van der Waals surface area contributed by atoms with Crippen LogP contribution in [0.25, 0.3) is 0 Å². The zero-order valence-electron chi connectivity index (χ0n) is 10.3. The van der Waals surface area contributed by atoms with Crippen LogP contribution in [0, 0.1) is 0 Å². The lowest BCUT2D eigenvalue weighted by Crippen LogP contribution is -2.07. The molecule has 3 nitrogen and oxygen atoms in total. The number of rotatable bonds is 6. The molecule has 0 fully saturated rings. The standard InChI is InChI=1S/C14H18O3/c1-3-5-10-17-13-8-6-12(7-9-13)11-14(15)16-4-2/h3,5-9H,4,10-11H2,1-2H3. The average molecular weight is 234 g/mol. The van der Waals surface area contributed by atoms with Gasteiger partial charge in [-0.1, -0.05) is 24.3 Å². The second-order valence-electron chi connectivity index (χ2n) is 3.51. The van der Waals surface area contributed by atoms with Crippen LogP contribution in [-0.4, -0.2) is 19.2 Å². The molecule has 3 heteroatoms. The highest BCUT2D eigenvalue weighted by Gasteiger charge is 2.03. The molecule has 0 saturated heterocycles. The summed E-state index contributed by atoms with van der Waals surface area (Å²) in [7, 11) is 0. The van der Waals surface area contributed by atoms with E-state index in [1.165, 1.54) is 0 Å². The van der Waals surface area contributed by atoms with E-state index in [1.54, 1.807) is 6.92 Å². The molecule has 92 valence electrons. The van der Waals surface area contributed by atoms with Crippen LogP contribution >= 0.6 is 0 Å². The lowest BCUT2D eigenvalue weighted by Gasteiger charge is -2.05. The van der Waals surface area contributed by atoms with Gasteiger partial charge in [-0.15, -0.1) is 0 Å². The third-order valence-corrected chi connectivity index (χ3v) is 2.16. The van der Waals surface area contributed by atoms with Gasteiger partial charge in [-0.3, -0.25) is 4.79 Å². The fourth-order valence-corrected chi connectivity index (χ4v) is 1.32. The molecule has 0 atom stereocenters. The van der Waals surface area contributed by atoms with E-state index in [4.69, 9.17) is 9.47 Å². The monoisotopic (exact) mass is 234 g/mol. The first-order valence-electron chi connectivity index (χ1n) is 5.74. The van der Waals surface area contributed by atoms with Gasteiger partial charge in [-0.25, -0.2) is 0 Å². The van der Waals surface area contributed by atoms with Gasteiger partial charge in [0.2, 0.25) is 0 Å². The molecule has 0 spiro atoms. The quantitative estimate of drug-likeness (QED) is 0.561. The first kappa shape index (κ1) is 13.3. The number of hydrogen-bond donors (Lipinski definition) is 0. The second-order valence-corrected chi connectivity index (χ2v) is 3.51. The van der Waals surface area contributed by atoms with Gasteiger partial charge in [0, 0.05) is 0 Å². The number of benzene rings is 1. The van der Waals surface area contributed by atoms with Crippen LogP contribution < -0.4 is 4.74 Å². The van der Waals surface area contributed by atoms with Crippen LogP contribution in [0.3, 0.4) is 0 Å². The minimum absolute atomic E-state index is 0.199. The van der Waals surface area contributed by atoms with E-state index >= 15 is 0 Å². The fourth-order valence-electron chi connectivity index (χ4n) is 1.32. The Morgan fingerprint density at radius 2 is 2.00 bits per heavy atom. The third-order valence-electron chi connectivity index (χ3n) is 2.16. The van der Waals surface area contributed by atoms with E-state index < -0.39 is 0 Å². The molecule has 0 heterocycles. The molecule has 0 aliphatic heterocycles. The molecular weight excluding hydrogens is 216 g/mol. The number of esters is 1. The Hall–Kier alpha value is -1.77. The molecule has 0 aliphatic carbocycles. The zero-order valence-corrected chi connectivity index (χ0v) is 10.3. The Kier molecular flexibility index (Phi) is 5.86. The van der Waals surface area contributed by atoms with Gasteiger partial charge in [0.05, 0.1) is 13.0 Å². The molecular formula is C14H18O3. The summed E-state index contributed by atoms with van der Waals surface area (Å²) < 4.78 is 10.3. The van der Waals surface area contributed by atoms with Crippen LogP contribution in [0.15, 0.2) is 36.4 Å². The van der Waals surface area contributed by atoms with E-state index in [9.17, 15) is 4.79 Å². The lowest BCUT2D eigenvalue weighted by atomic mass is 10.1. The van der Waals surface area contributed by atoms with Gasteiger partial charge >= 0.3 is 5.97 Å². The van der Waals surface area contributed by atoms with Crippen molar-refractivity contribution in [3.63, 3.8) is 0 Å². The van der Waals surface area contributed by atoms with Gasteiger partial charge in [-0.2, -0.15) is 0 Å². The maximum absolute atomic E-state index is 11.2. The van der Waals surface area contributed by atoms with E-state index in [1.807, 2.05) is 43.3 Å². The summed E-state index contributed by atoms with van der Waals surface area (Å²) in [5.74, 6) is 0.603. The van der Waals surface area contributed by atoms with Crippen molar-refractivity contribution in [3.8, 4) is 5.75 Å². The SMILES string of the molecule is CC=CCOc1ccc(CC(=O)OCC)cc1. The number of hydrogen-bond acceptors (Lipinski definition) is 3. The maximum atomic E-state index is 11.2. The number of carbonyl (C=O) groups excluding carboxylic acids is 1. The molecule has 0 bridgehead atoms. The van der Waals surface area contributed by atoms with Crippen LogP contribution in [0.2, 0.25) is 0 Å². The van der Waals surface area contributed by atoms with E-state index in [0.717, 1.165) is 11.3 Å². The summed E-state index contributed by atoms with van der Waals surface area (Å²) in [6, 6.07) is 7.47. The Labute approximate surface area is 102 Å². The first-order valence-corrected chi connectivity index (χ1v) is 5.74. The molecule has 0 radical (unpaired) electrons. The number of ether oxygens (including phenoxy) is 2. The topological polar surface area (TPSA) is 35.5 Å². The average Bonchev–Trinajstić information content (AvgIpc) is 2.32. The summed E-state index contributed by atoms with van der Waals surface area (Å²) in [6.07, 6.45) is 4.19. The van der Waals surface area contributed by atoms with Crippen molar-refractivity contribution in [2.24, 2.45) is 0 Å². The fraction of sp³-hybridized carbons (Fsp3) is 0.357. The van der Waals surface area contributed by atoms with Gasteiger partial charge < -0.3 is 9.47 Å². The molecule has 1 aromatic rings. The van der Waals surface area contributed by atoms with Crippen molar-refractivity contribution in [2.45, 2.75) is 20.3 Å². The Bertz CT molecular complexity index is 366. The molecule has 0 unspecified atom stereocenters. The highest BCUT2D eigenvalue weighted by Crippen LogP contribution is 2.12. The van der Waals surface area contributed by atoms with Crippen LogP contribution in [-0.2, 0) is 16.0 Å².